The second-order valence-electron chi connectivity index (χ2n) is 12.6. The summed E-state index contributed by atoms with van der Waals surface area (Å²) in [5.41, 5.74) is 1.64. The number of allylic oxidation sites excluding steroid dienone is 1. The molecule has 4 heterocycles. The Morgan fingerprint density at radius 1 is 0.942 bits per heavy atom. The van der Waals surface area contributed by atoms with Gasteiger partial charge in [0.2, 0.25) is 18.0 Å². The molecule has 4 aliphatic heterocycles. The summed E-state index contributed by atoms with van der Waals surface area (Å²) in [7, 11) is 0. The first-order valence-electron chi connectivity index (χ1n) is 16.4. The third-order valence-corrected chi connectivity index (χ3v) is 9.55. The minimum atomic E-state index is -1.78. The number of amidine groups is 1. The zero-order valence-corrected chi connectivity index (χ0v) is 27.2. The number of amides is 1. The first kappa shape index (κ1) is 33.5. The van der Waals surface area contributed by atoms with Crippen LogP contribution >= 0.6 is 0 Å². The molecule has 16 nitrogen and oxygen atoms in total. The molecule has 8 rings (SSSR count). The van der Waals surface area contributed by atoms with Crippen molar-refractivity contribution in [1.29, 1.82) is 5.41 Å². The van der Waals surface area contributed by atoms with Crippen LogP contribution in [0, 0.1) is 5.41 Å². The molecule has 3 aromatic rings. The summed E-state index contributed by atoms with van der Waals surface area (Å²) < 4.78 is 24.2. The summed E-state index contributed by atoms with van der Waals surface area (Å²) in [6, 6.07) is 15.0. The smallest absolute Gasteiger partial charge is 0.284 e. The van der Waals surface area contributed by atoms with E-state index in [-0.39, 0.29) is 76.7 Å². The van der Waals surface area contributed by atoms with Crippen LogP contribution in [0.3, 0.4) is 0 Å². The molecule has 1 aliphatic carbocycles. The topological polar surface area (TPSA) is 234 Å². The van der Waals surface area contributed by atoms with Crippen LogP contribution in [0.25, 0.3) is 0 Å². The van der Waals surface area contributed by atoms with E-state index < -0.39 is 60.7 Å². The van der Waals surface area contributed by atoms with Crippen LogP contribution in [-0.4, -0.2) is 113 Å². The summed E-state index contributed by atoms with van der Waals surface area (Å²) in [5, 5.41) is 52.9. The van der Waals surface area contributed by atoms with Gasteiger partial charge in [-0.05, 0) is 18.2 Å². The van der Waals surface area contributed by atoms with Gasteiger partial charge in [0.25, 0.3) is 11.7 Å². The predicted octanol–water partition coefficient (Wildman–Crippen LogP) is -0.913. The molecule has 16 heteroatoms. The van der Waals surface area contributed by atoms with Gasteiger partial charge in [-0.25, -0.2) is 9.89 Å². The second-order valence-corrected chi connectivity index (χ2v) is 12.6. The highest BCUT2D eigenvalue weighted by molar-refractivity contribution is 6.68. The molecule has 1 unspecified atom stereocenters. The maximum atomic E-state index is 14.2. The van der Waals surface area contributed by atoms with Gasteiger partial charge in [0.1, 0.15) is 43.3 Å². The lowest BCUT2D eigenvalue weighted by Crippen LogP contribution is -3.09. The molecule has 5 aliphatic rings. The summed E-state index contributed by atoms with van der Waals surface area (Å²) >= 11 is 0. The summed E-state index contributed by atoms with van der Waals surface area (Å²) in [6.07, 6.45) is -4.83. The quantitative estimate of drug-likeness (QED) is 0.134. The first-order valence-corrected chi connectivity index (χ1v) is 16.4. The molecule has 7 atom stereocenters. The van der Waals surface area contributed by atoms with Gasteiger partial charge in [-0.3, -0.25) is 25.1 Å². The highest BCUT2D eigenvalue weighted by Gasteiger charge is 2.47. The number of carbonyl (C=O) groups is 3. The molecule has 52 heavy (non-hydrogen) atoms. The third kappa shape index (κ3) is 5.40. The van der Waals surface area contributed by atoms with E-state index in [2.05, 4.69) is 15.3 Å². The van der Waals surface area contributed by atoms with Gasteiger partial charge in [-0.2, -0.15) is 4.99 Å². The molecule has 2 bridgehead atoms. The van der Waals surface area contributed by atoms with Gasteiger partial charge < -0.3 is 39.4 Å². The fourth-order valence-corrected chi connectivity index (χ4v) is 7.10. The van der Waals surface area contributed by atoms with Crippen molar-refractivity contribution in [2.45, 2.75) is 36.6 Å². The number of carbonyl (C=O) groups excluding carboxylic acids is 3. The molecule has 0 radical (unpaired) electrons. The van der Waals surface area contributed by atoms with Crippen LogP contribution < -0.4 is 19.7 Å². The monoisotopic (exact) mass is 710 g/mol. The van der Waals surface area contributed by atoms with Gasteiger partial charge in [0.05, 0.1) is 18.4 Å². The fourth-order valence-electron chi connectivity index (χ4n) is 7.10. The van der Waals surface area contributed by atoms with E-state index >= 15 is 0 Å². The number of benzene rings is 3. The predicted molar refractivity (Wildman–Crippen MR) is 179 cm³/mol. The number of nitrogens with zero attached hydrogens (tertiary/aromatic N) is 2. The van der Waals surface area contributed by atoms with Crippen molar-refractivity contribution >= 4 is 40.7 Å². The van der Waals surface area contributed by atoms with Crippen molar-refractivity contribution < 1.29 is 58.7 Å². The largest absolute Gasteiger partial charge is 0.499 e. The van der Waals surface area contributed by atoms with Crippen molar-refractivity contribution in [3.8, 4) is 11.5 Å². The second kappa shape index (κ2) is 13.2. The highest BCUT2D eigenvalue weighted by Crippen LogP contribution is 2.48. The van der Waals surface area contributed by atoms with Crippen LogP contribution in [0.5, 0.6) is 11.5 Å². The number of fused-ring (bicyclic) bond motifs is 6. The molecular weight excluding hydrogens is 678 g/mol. The van der Waals surface area contributed by atoms with E-state index in [1.54, 1.807) is 48.5 Å². The van der Waals surface area contributed by atoms with Gasteiger partial charge in [0.15, 0.2) is 29.7 Å². The van der Waals surface area contributed by atoms with Crippen LogP contribution in [0.4, 0.5) is 5.69 Å². The lowest BCUT2D eigenvalue weighted by atomic mass is 9.79. The summed E-state index contributed by atoms with van der Waals surface area (Å²) in [6.45, 7) is -0.983. The molecule has 1 saturated heterocycles. The molecule has 3 aromatic carbocycles. The number of quaternary nitrogens is 1. The highest BCUT2D eigenvalue weighted by atomic mass is 16.7. The lowest BCUT2D eigenvalue weighted by molar-refractivity contribution is -0.723. The molecule has 1 fully saturated rings. The molecule has 0 saturated carbocycles. The Morgan fingerprint density at radius 3 is 2.48 bits per heavy atom. The third-order valence-electron chi connectivity index (χ3n) is 9.55. The van der Waals surface area contributed by atoms with E-state index in [1.807, 2.05) is 0 Å². The number of rotatable bonds is 5. The molecule has 0 spiro atoms. The Bertz CT molecular complexity index is 2130. The Morgan fingerprint density at radius 2 is 1.69 bits per heavy atom. The van der Waals surface area contributed by atoms with E-state index in [4.69, 9.17) is 24.4 Å². The minimum absolute atomic E-state index is 0.00924. The van der Waals surface area contributed by atoms with Crippen LogP contribution in [-0.2, 0) is 14.3 Å². The number of ether oxygens (including phenoxy) is 4. The Balaban J connectivity index is 1.38. The van der Waals surface area contributed by atoms with Gasteiger partial charge in [-0.15, -0.1) is 0 Å². The maximum absolute atomic E-state index is 14.2. The van der Waals surface area contributed by atoms with Crippen LogP contribution in [0.1, 0.15) is 48.9 Å². The SMILES string of the molecule is N=C1N=C2C(=NC[NH+]2c2ccccc2[C@@H]2/C=C\OC[C@@H]3O[C@H](Oc4c2cc2c(c4OCCO)C(=O)c4ccccc4C2=O)[C@@H](O)[C@H](O)[C@H]3O)C(=O)N1. The number of ketones is 2. The zero-order chi connectivity index (χ0) is 36.3. The van der Waals surface area contributed by atoms with E-state index in [1.165, 1.54) is 18.4 Å². The van der Waals surface area contributed by atoms with Crippen molar-refractivity contribution in [1.82, 2.24) is 5.32 Å². The summed E-state index contributed by atoms with van der Waals surface area (Å²) in [4.78, 5) is 50.3. The Hall–Kier alpha value is -5.62. The Labute approximate surface area is 294 Å². The number of hydrogen-bond donors (Lipinski definition) is 7. The van der Waals surface area contributed by atoms with Gasteiger partial charge in [0, 0.05) is 33.7 Å². The maximum Gasteiger partial charge on any atom is 0.284 e. The van der Waals surface area contributed by atoms with Gasteiger partial charge in [-0.1, -0.05) is 42.5 Å². The summed E-state index contributed by atoms with van der Waals surface area (Å²) in [5.74, 6) is -2.92. The van der Waals surface area contributed by atoms with Crippen molar-refractivity contribution in [2.24, 2.45) is 9.98 Å². The first-order chi connectivity index (χ1) is 25.2. The van der Waals surface area contributed by atoms with Gasteiger partial charge >= 0.3 is 0 Å². The number of para-hydroxylation sites is 1. The number of nitrogens with one attached hydrogen (secondary N) is 3. The van der Waals surface area contributed by atoms with Crippen molar-refractivity contribution in [2.75, 3.05) is 26.5 Å². The minimum Gasteiger partial charge on any atom is -0.499 e. The number of hydrogen-bond acceptors (Lipinski definition) is 13. The van der Waals surface area contributed by atoms with E-state index in [9.17, 15) is 34.8 Å². The normalized spacial score (nSPS) is 28.3. The van der Waals surface area contributed by atoms with E-state index in [0.29, 0.717) is 16.2 Å². The van der Waals surface area contributed by atoms with E-state index in [0.717, 1.165) is 0 Å². The molecule has 0 aromatic heterocycles. The fraction of sp³-hybridized carbons (Fsp3) is 0.278. The number of aliphatic hydroxyl groups is 4. The zero-order valence-electron chi connectivity index (χ0n) is 27.2. The average Bonchev–Trinajstić information content (AvgIpc) is 3.56. The van der Waals surface area contributed by atoms with Crippen LogP contribution in [0.2, 0.25) is 0 Å². The number of aliphatic hydroxyl groups excluding tert-OH is 4. The number of aliphatic imine (C=N–C) groups is 2. The Kier molecular flexibility index (Phi) is 8.49. The number of guanidine groups is 1. The lowest BCUT2D eigenvalue weighted by Gasteiger charge is -2.40. The molecule has 7 N–H and O–H groups in total. The standard InChI is InChI=1S/C36H31N5O11/c37-36-39-33-25(34(48)40-36)38-15-41(33)22-8-4-3-5-17(22)16-9-11-49-14-23-28(45)29(46)30(47)35(51-23)52-31-20(16)13-21-24(32(31)50-12-10-42)27(44)19-7-2-1-6-18(19)26(21)43/h1-9,11,13,16,23,28-30,35,42,45-47H,10,12,14-15H2,(H2,37,40,48)/p+1/b11-9-/t16-,23-,28-,29+,30-,35+/m0/s1. The molecule has 1 amide bonds. The molecule has 266 valence electrons. The van der Waals surface area contributed by atoms with Crippen LogP contribution in [0.15, 0.2) is 76.9 Å². The average molecular weight is 711 g/mol. The van der Waals surface area contributed by atoms with Crippen molar-refractivity contribution in [3.05, 3.63) is 100 Å². The molecular formula is C36H32N5O11+. The van der Waals surface area contributed by atoms with Crippen molar-refractivity contribution in [3.63, 3.8) is 0 Å².